The minimum Gasteiger partial charge on any atom is -0.135 e. The van der Waals surface area contributed by atoms with E-state index < -0.39 is 0 Å². The van der Waals surface area contributed by atoms with Crippen LogP contribution in [0.5, 0.6) is 0 Å². The smallest absolute Gasteiger partial charge is 0.0433 e. The van der Waals surface area contributed by atoms with Gasteiger partial charge in [-0.3, -0.25) is 0 Å². The van der Waals surface area contributed by atoms with E-state index in [-0.39, 0.29) is 0 Å². The van der Waals surface area contributed by atoms with Gasteiger partial charge in [0.1, 0.15) is 0 Å². The maximum atomic E-state index is 2.44. The molecule has 0 nitrogen and oxygen atoms in total. The average molecular weight is 741 g/mol. The van der Waals surface area contributed by atoms with Gasteiger partial charge in [0.2, 0.25) is 0 Å². The van der Waals surface area contributed by atoms with E-state index in [1.807, 2.05) is 11.3 Å². The zero-order valence-corrected chi connectivity index (χ0v) is 32.0. The Balaban J connectivity index is 1.15. The van der Waals surface area contributed by atoms with Crippen molar-refractivity contribution in [2.75, 3.05) is 0 Å². The Hall–Kier alpha value is -7.06. The molecule has 0 aliphatic rings. The summed E-state index contributed by atoms with van der Waals surface area (Å²) in [6.07, 6.45) is 0. The molecule has 11 aromatic rings. The highest BCUT2D eigenvalue weighted by Crippen LogP contribution is 2.47. The maximum absolute atomic E-state index is 2.44. The molecule has 1 heteroatoms. The second-order valence-corrected chi connectivity index (χ2v) is 15.9. The molecule has 266 valence electrons. The average Bonchev–Trinajstić information content (AvgIpc) is 3.68. The van der Waals surface area contributed by atoms with Crippen LogP contribution in [0.4, 0.5) is 0 Å². The number of hydrogen-bond donors (Lipinski definition) is 0. The first-order chi connectivity index (χ1) is 28.3. The Morgan fingerprint density at radius 1 is 0.228 bits per heavy atom. The molecule has 0 amide bonds. The summed E-state index contributed by atoms with van der Waals surface area (Å²) in [5.74, 6) is 0. The predicted octanol–water partition coefficient (Wildman–Crippen LogP) is 16.4. The second-order valence-electron chi connectivity index (χ2n) is 14.8. The lowest BCUT2D eigenvalue weighted by atomic mass is 9.84. The lowest BCUT2D eigenvalue weighted by Crippen LogP contribution is -1.92. The van der Waals surface area contributed by atoms with Crippen molar-refractivity contribution in [2.24, 2.45) is 0 Å². The molecule has 0 spiro atoms. The van der Waals surface area contributed by atoms with Crippen LogP contribution in [-0.4, -0.2) is 0 Å². The SMILES string of the molecule is c1ccc(-c2cccc(-c3c4ccccc4c(-c4cccc(-c5ccccc5)c4)c4cc(-c5cccc(-c6cccc7c6sc6ccccc67)c5)ccc34)c2)cc1. The third-order valence-electron chi connectivity index (χ3n) is 11.5. The van der Waals surface area contributed by atoms with Crippen molar-refractivity contribution in [2.45, 2.75) is 0 Å². The minimum atomic E-state index is 1.20. The molecule has 0 radical (unpaired) electrons. The number of hydrogen-bond acceptors (Lipinski definition) is 1. The Kier molecular flexibility index (Phi) is 8.12. The van der Waals surface area contributed by atoms with E-state index >= 15 is 0 Å². The lowest BCUT2D eigenvalue weighted by Gasteiger charge is -2.20. The lowest BCUT2D eigenvalue weighted by molar-refractivity contribution is 1.60. The molecule has 0 bridgehead atoms. The summed E-state index contributed by atoms with van der Waals surface area (Å²) in [6.45, 7) is 0. The highest BCUT2D eigenvalue weighted by molar-refractivity contribution is 7.26. The molecule has 11 rings (SSSR count). The number of rotatable bonds is 6. The van der Waals surface area contributed by atoms with E-state index in [0.717, 1.165) is 0 Å². The quantitative estimate of drug-likeness (QED) is 0.149. The summed E-state index contributed by atoms with van der Waals surface area (Å²) in [6, 6.07) is 80.3. The minimum absolute atomic E-state index is 1.20. The molecule has 57 heavy (non-hydrogen) atoms. The van der Waals surface area contributed by atoms with Gasteiger partial charge in [-0.15, -0.1) is 11.3 Å². The second kappa shape index (κ2) is 13.9. The summed E-state index contributed by atoms with van der Waals surface area (Å²) in [4.78, 5) is 0. The molecule has 0 unspecified atom stereocenters. The summed E-state index contributed by atoms with van der Waals surface area (Å²) < 4.78 is 2.66. The molecule has 1 aromatic heterocycles. The molecule has 0 N–H and O–H groups in total. The van der Waals surface area contributed by atoms with Gasteiger partial charge in [0.25, 0.3) is 0 Å². The molecular formula is C56H36S. The van der Waals surface area contributed by atoms with Gasteiger partial charge in [-0.05, 0) is 119 Å². The fourth-order valence-electron chi connectivity index (χ4n) is 8.79. The van der Waals surface area contributed by atoms with Crippen LogP contribution in [0.25, 0.3) is 108 Å². The van der Waals surface area contributed by atoms with Crippen LogP contribution < -0.4 is 0 Å². The van der Waals surface area contributed by atoms with Crippen molar-refractivity contribution in [3.05, 3.63) is 218 Å². The van der Waals surface area contributed by atoms with Gasteiger partial charge in [-0.1, -0.05) is 188 Å². The van der Waals surface area contributed by atoms with Crippen LogP contribution in [0, 0.1) is 0 Å². The zero-order chi connectivity index (χ0) is 37.7. The van der Waals surface area contributed by atoms with E-state index in [1.54, 1.807) is 0 Å². The first-order valence-electron chi connectivity index (χ1n) is 19.6. The van der Waals surface area contributed by atoms with Crippen molar-refractivity contribution in [3.8, 4) is 66.8 Å². The molecule has 0 fully saturated rings. The van der Waals surface area contributed by atoms with Gasteiger partial charge < -0.3 is 0 Å². The zero-order valence-electron chi connectivity index (χ0n) is 31.2. The topological polar surface area (TPSA) is 0 Å². The van der Waals surface area contributed by atoms with E-state index in [9.17, 15) is 0 Å². The maximum Gasteiger partial charge on any atom is 0.0433 e. The standard InChI is InChI=1S/C56H36S/c1-3-15-37(16-4-1)39-19-12-23-44(34-39)54-48-26-7-8-27-49(48)55(45-24-13-20-40(35-45)38-17-5-2-6-18-38)52-36-42(31-32-50(52)54)41-21-11-22-43(33-41)46-28-14-29-51-47-25-9-10-30-53(47)57-56(46)51/h1-36H. The summed E-state index contributed by atoms with van der Waals surface area (Å²) >= 11 is 1.89. The summed E-state index contributed by atoms with van der Waals surface area (Å²) in [5.41, 5.74) is 14.7. The van der Waals surface area contributed by atoms with Gasteiger partial charge in [0.05, 0.1) is 0 Å². The fourth-order valence-corrected chi connectivity index (χ4v) is 10.0. The van der Waals surface area contributed by atoms with Crippen LogP contribution in [0.3, 0.4) is 0 Å². The van der Waals surface area contributed by atoms with Crippen LogP contribution in [0.1, 0.15) is 0 Å². The van der Waals surface area contributed by atoms with E-state index in [4.69, 9.17) is 0 Å². The van der Waals surface area contributed by atoms with E-state index in [2.05, 4.69) is 218 Å². The first-order valence-corrected chi connectivity index (χ1v) is 20.4. The Bertz CT molecular complexity index is 3280. The van der Waals surface area contributed by atoms with Crippen molar-refractivity contribution in [3.63, 3.8) is 0 Å². The first kappa shape index (κ1) is 33.3. The molecule has 10 aromatic carbocycles. The van der Waals surface area contributed by atoms with Crippen LogP contribution in [0.15, 0.2) is 218 Å². The molecule has 0 atom stereocenters. The Morgan fingerprint density at radius 2 is 0.649 bits per heavy atom. The number of thiophene rings is 1. The largest absolute Gasteiger partial charge is 0.135 e. The van der Waals surface area contributed by atoms with Crippen molar-refractivity contribution in [1.29, 1.82) is 0 Å². The number of fused-ring (bicyclic) bond motifs is 5. The highest BCUT2D eigenvalue weighted by atomic mass is 32.1. The van der Waals surface area contributed by atoms with Gasteiger partial charge >= 0.3 is 0 Å². The van der Waals surface area contributed by atoms with E-state index in [1.165, 1.54) is 108 Å². The molecule has 0 aliphatic heterocycles. The molecule has 0 saturated heterocycles. The normalized spacial score (nSPS) is 11.5. The van der Waals surface area contributed by atoms with Crippen molar-refractivity contribution in [1.82, 2.24) is 0 Å². The Labute approximate surface area is 336 Å². The number of benzene rings is 10. The van der Waals surface area contributed by atoms with Crippen LogP contribution in [-0.2, 0) is 0 Å². The van der Waals surface area contributed by atoms with Crippen LogP contribution in [0.2, 0.25) is 0 Å². The van der Waals surface area contributed by atoms with Gasteiger partial charge in [0.15, 0.2) is 0 Å². The van der Waals surface area contributed by atoms with Crippen molar-refractivity contribution >= 4 is 53.1 Å². The fraction of sp³-hybridized carbons (Fsp3) is 0. The molecular weight excluding hydrogens is 705 g/mol. The van der Waals surface area contributed by atoms with E-state index in [0.29, 0.717) is 0 Å². The van der Waals surface area contributed by atoms with Gasteiger partial charge in [-0.25, -0.2) is 0 Å². The summed E-state index contributed by atoms with van der Waals surface area (Å²) in [7, 11) is 0. The molecule has 1 heterocycles. The highest BCUT2D eigenvalue weighted by Gasteiger charge is 2.19. The third-order valence-corrected chi connectivity index (χ3v) is 12.7. The Morgan fingerprint density at radius 3 is 1.30 bits per heavy atom. The summed E-state index contributed by atoms with van der Waals surface area (Å²) in [5, 5.41) is 7.63. The van der Waals surface area contributed by atoms with Crippen molar-refractivity contribution < 1.29 is 0 Å². The van der Waals surface area contributed by atoms with Gasteiger partial charge in [0, 0.05) is 20.2 Å². The molecule has 0 aliphatic carbocycles. The molecule has 0 saturated carbocycles. The monoisotopic (exact) mass is 740 g/mol. The van der Waals surface area contributed by atoms with Crippen LogP contribution >= 0.6 is 11.3 Å². The van der Waals surface area contributed by atoms with Gasteiger partial charge in [-0.2, -0.15) is 0 Å². The predicted molar refractivity (Wildman–Crippen MR) is 247 cm³/mol. The third kappa shape index (κ3) is 5.84.